The summed E-state index contributed by atoms with van der Waals surface area (Å²) in [4.78, 5) is 0. The van der Waals surface area contributed by atoms with Gasteiger partial charge < -0.3 is 4.74 Å². The van der Waals surface area contributed by atoms with Gasteiger partial charge in [-0.15, -0.1) is 0 Å². The predicted molar refractivity (Wildman–Crippen MR) is 72.9 cm³/mol. The lowest BCUT2D eigenvalue weighted by molar-refractivity contribution is -0.141. The van der Waals surface area contributed by atoms with Crippen LogP contribution in [0.4, 0.5) is 17.6 Å². The van der Waals surface area contributed by atoms with Crippen LogP contribution in [0, 0.1) is 5.82 Å². The van der Waals surface area contributed by atoms with E-state index in [1.54, 1.807) is 0 Å². The number of nitrogens with zero attached hydrogens (tertiary/aromatic N) is 2. The molecule has 20 heavy (non-hydrogen) atoms. The Labute approximate surface area is 125 Å². The Bertz CT molecular complexity index is 597. The van der Waals surface area contributed by atoms with Gasteiger partial charge in [0.25, 0.3) is 0 Å². The summed E-state index contributed by atoms with van der Waals surface area (Å²) in [5.41, 5.74) is -0.910. The lowest BCUT2D eigenvalue weighted by atomic mass is 10.3. The molecule has 0 aliphatic heterocycles. The van der Waals surface area contributed by atoms with E-state index in [0.717, 1.165) is 23.0 Å². The molecule has 3 nitrogen and oxygen atoms in total. The van der Waals surface area contributed by atoms with Gasteiger partial charge in [0.2, 0.25) is 0 Å². The van der Waals surface area contributed by atoms with E-state index in [4.69, 9.17) is 4.74 Å². The molecule has 0 spiro atoms. The smallest absolute Gasteiger partial charge is 0.435 e. The summed E-state index contributed by atoms with van der Waals surface area (Å²) in [5.74, 6) is -0.300. The summed E-state index contributed by atoms with van der Waals surface area (Å²) in [5, 5.41) is 3.40. The van der Waals surface area contributed by atoms with Crippen molar-refractivity contribution in [3.05, 3.63) is 42.0 Å². The van der Waals surface area contributed by atoms with Crippen LogP contribution < -0.4 is 4.74 Å². The second kappa shape index (κ2) is 5.98. The predicted octanol–water partition coefficient (Wildman–Crippen LogP) is 3.84. The van der Waals surface area contributed by atoms with Crippen molar-refractivity contribution in [3.8, 4) is 11.4 Å². The Kier molecular flexibility index (Phi) is 4.51. The first-order valence-electron chi connectivity index (χ1n) is 5.53. The molecule has 8 heteroatoms. The highest BCUT2D eigenvalue weighted by atomic mass is 127. The average Bonchev–Trinajstić information content (AvgIpc) is 2.86. The van der Waals surface area contributed by atoms with Crippen LogP contribution in [0.3, 0.4) is 0 Å². The van der Waals surface area contributed by atoms with Crippen molar-refractivity contribution in [2.75, 3.05) is 11.0 Å². The van der Waals surface area contributed by atoms with Crippen LogP contribution in [0.15, 0.2) is 30.5 Å². The van der Waals surface area contributed by atoms with E-state index in [1.807, 2.05) is 0 Å². The largest absolute Gasteiger partial charge is 0.491 e. The van der Waals surface area contributed by atoms with Crippen molar-refractivity contribution in [1.29, 1.82) is 0 Å². The molecular formula is C12H9F4IN2O. The third-order valence-corrected chi connectivity index (χ3v) is 2.82. The molecule has 0 N–H and O–H groups in total. The molecule has 1 aromatic carbocycles. The molecule has 2 aromatic rings. The van der Waals surface area contributed by atoms with Gasteiger partial charge in [0.05, 0.1) is 6.61 Å². The van der Waals surface area contributed by atoms with Crippen molar-refractivity contribution in [3.63, 3.8) is 0 Å². The maximum absolute atomic E-state index is 13.3. The van der Waals surface area contributed by atoms with E-state index < -0.39 is 17.7 Å². The van der Waals surface area contributed by atoms with E-state index >= 15 is 0 Å². The molecule has 1 heterocycles. The molecule has 0 radical (unpaired) electrons. The summed E-state index contributed by atoms with van der Waals surface area (Å²) in [6.45, 7) is 0.368. The molecule has 0 amide bonds. The quantitative estimate of drug-likeness (QED) is 0.443. The van der Waals surface area contributed by atoms with E-state index in [9.17, 15) is 17.6 Å². The van der Waals surface area contributed by atoms with Crippen molar-refractivity contribution < 1.29 is 22.3 Å². The highest BCUT2D eigenvalue weighted by Gasteiger charge is 2.33. The molecule has 0 atom stereocenters. The maximum atomic E-state index is 13.3. The molecule has 0 saturated carbocycles. The summed E-state index contributed by atoms with van der Waals surface area (Å²) in [6, 6.07) is 4.45. The first kappa shape index (κ1) is 15.1. The van der Waals surface area contributed by atoms with Crippen LogP contribution in [0.25, 0.3) is 5.69 Å². The van der Waals surface area contributed by atoms with E-state index in [-0.39, 0.29) is 11.4 Å². The Morgan fingerprint density at radius 2 is 2.00 bits per heavy atom. The zero-order valence-electron chi connectivity index (χ0n) is 9.99. The molecule has 108 valence electrons. The Morgan fingerprint density at radius 3 is 2.60 bits per heavy atom. The number of benzene rings is 1. The van der Waals surface area contributed by atoms with Gasteiger partial charge in [0, 0.05) is 16.7 Å². The van der Waals surface area contributed by atoms with Crippen molar-refractivity contribution >= 4 is 22.6 Å². The number of aromatic nitrogens is 2. The molecule has 1 aromatic heterocycles. The van der Waals surface area contributed by atoms with Crippen LogP contribution in [0.1, 0.15) is 5.69 Å². The lowest BCUT2D eigenvalue weighted by Crippen LogP contribution is -2.08. The Hall–Kier alpha value is -1.32. The number of rotatable bonds is 4. The standard InChI is InChI=1S/C12H9F4IN2O/c13-8-1-2-10(20-6-4-17)9(7-8)19-5-3-11(18-19)12(14,15)16/h1-3,5,7H,4,6H2. The fraction of sp³-hybridized carbons (Fsp3) is 0.250. The van der Waals surface area contributed by atoms with Gasteiger partial charge in [-0.2, -0.15) is 18.3 Å². The van der Waals surface area contributed by atoms with Gasteiger partial charge in [0.1, 0.15) is 17.3 Å². The molecule has 0 saturated heterocycles. The maximum Gasteiger partial charge on any atom is 0.435 e. The second-order valence-corrected chi connectivity index (χ2v) is 4.87. The van der Waals surface area contributed by atoms with E-state index in [2.05, 4.69) is 27.7 Å². The van der Waals surface area contributed by atoms with Gasteiger partial charge in [-0.25, -0.2) is 9.07 Å². The zero-order chi connectivity index (χ0) is 14.8. The minimum absolute atomic E-state index is 0.130. The van der Waals surface area contributed by atoms with Gasteiger partial charge in [-0.05, 0) is 18.2 Å². The van der Waals surface area contributed by atoms with Crippen molar-refractivity contribution in [1.82, 2.24) is 9.78 Å². The van der Waals surface area contributed by atoms with Crippen LogP contribution in [-0.2, 0) is 6.18 Å². The number of alkyl halides is 4. The molecule has 0 aliphatic rings. The lowest BCUT2D eigenvalue weighted by Gasteiger charge is -2.11. The highest BCUT2D eigenvalue weighted by Crippen LogP contribution is 2.29. The van der Waals surface area contributed by atoms with Crippen LogP contribution in [0.2, 0.25) is 0 Å². The second-order valence-electron chi connectivity index (χ2n) is 3.79. The normalized spacial score (nSPS) is 11.7. The number of hydrogen-bond donors (Lipinski definition) is 0. The first-order chi connectivity index (χ1) is 9.41. The van der Waals surface area contributed by atoms with Crippen molar-refractivity contribution in [2.45, 2.75) is 6.18 Å². The Morgan fingerprint density at radius 1 is 1.25 bits per heavy atom. The minimum Gasteiger partial charge on any atom is -0.491 e. The summed E-state index contributed by atoms with van der Waals surface area (Å²) >= 11 is 2.09. The SMILES string of the molecule is Fc1ccc(OCCI)c(-n2ccc(C(F)(F)F)n2)c1. The van der Waals surface area contributed by atoms with E-state index in [1.165, 1.54) is 12.1 Å². The zero-order valence-corrected chi connectivity index (χ0v) is 12.2. The fourth-order valence-corrected chi connectivity index (χ4v) is 1.77. The molecule has 0 unspecified atom stereocenters. The fourth-order valence-electron chi connectivity index (χ4n) is 1.55. The van der Waals surface area contributed by atoms with Crippen LogP contribution in [-0.4, -0.2) is 20.8 Å². The summed E-state index contributed by atoms with van der Waals surface area (Å²) in [6.07, 6.45) is -3.42. The Balaban J connectivity index is 2.40. The van der Waals surface area contributed by atoms with Gasteiger partial charge in [-0.1, -0.05) is 22.6 Å². The van der Waals surface area contributed by atoms with Crippen LogP contribution in [0.5, 0.6) is 5.75 Å². The molecule has 2 rings (SSSR count). The molecule has 0 aliphatic carbocycles. The average molecular weight is 400 g/mol. The van der Waals surface area contributed by atoms with Crippen molar-refractivity contribution in [2.24, 2.45) is 0 Å². The van der Waals surface area contributed by atoms with Gasteiger partial charge in [-0.3, -0.25) is 0 Å². The minimum atomic E-state index is -4.54. The number of hydrogen-bond acceptors (Lipinski definition) is 2. The summed E-state index contributed by atoms with van der Waals surface area (Å²) < 4.78 is 57.9. The third kappa shape index (κ3) is 3.41. The number of halogens is 5. The summed E-state index contributed by atoms with van der Waals surface area (Å²) in [7, 11) is 0. The highest BCUT2D eigenvalue weighted by molar-refractivity contribution is 14.1. The molecular weight excluding hydrogens is 391 g/mol. The molecule has 0 bridgehead atoms. The first-order valence-corrected chi connectivity index (χ1v) is 7.06. The van der Waals surface area contributed by atoms with Crippen LogP contribution >= 0.6 is 22.6 Å². The third-order valence-electron chi connectivity index (χ3n) is 2.38. The topological polar surface area (TPSA) is 27.1 Å². The monoisotopic (exact) mass is 400 g/mol. The number of ether oxygens (including phenoxy) is 1. The van der Waals surface area contributed by atoms with Gasteiger partial charge >= 0.3 is 6.18 Å². The molecule has 0 fully saturated rings. The van der Waals surface area contributed by atoms with E-state index in [0.29, 0.717) is 11.0 Å². The van der Waals surface area contributed by atoms with Gasteiger partial charge in [0.15, 0.2) is 5.69 Å².